The van der Waals surface area contributed by atoms with E-state index in [2.05, 4.69) is 5.32 Å². The zero-order valence-corrected chi connectivity index (χ0v) is 15.3. The lowest BCUT2D eigenvalue weighted by Crippen LogP contribution is -2.50. The molecule has 2 rings (SSSR count). The minimum absolute atomic E-state index is 0.0190. The van der Waals surface area contributed by atoms with Crippen molar-refractivity contribution in [2.24, 2.45) is 10.8 Å². The normalized spacial score (nSPS) is 17.3. The van der Waals surface area contributed by atoms with Crippen molar-refractivity contribution in [3.8, 4) is 0 Å². The highest BCUT2D eigenvalue weighted by atomic mass is 19.1. The van der Waals surface area contributed by atoms with Gasteiger partial charge in [0.15, 0.2) is 0 Å². The summed E-state index contributed by atoms with van der Waals surface area (Å²) in [5.41, 5.74) is -0.778. The van der Waals surface area contributed by atoms with Crippen LogP contribution in [0.5, 0.6) is 0 Å². The Bertz CT molecular complexity index is 660. The fourth-order valence-electron chi connectivity index (χ4n) is 2.96. The van der Waals surface area contributed by atoms with Gasteiger partial charge in [-0.3, -0.25) is 9.59 Å². The number of benzene rings is 1. The molecule has 1 aromatic carbocycles. The van der Waals surface area contributed by atoms with Gasteiger partial charge in [-0.25, -0.2) is 8.78 Å². The number of amides is 2. The number of nitrogens with zero attached hydrogens (tertiary/aromatic N) is 1. The number of halogens is 2. The maximum Gasteiger partial charge on any atom is 0.227 e. The lowest BCUT2D eigenvalue weighted by Gasteiger charge is -2.40. The number of rotatable bonds is 3. The third kappa shape index (κ3) is 4.55. The lowest BCUT2D eigenvalue weighted by atomic mass is 9.78. The Morgan fingerprint density at radius 1 is 1.20 bits per heavy atom. The van der Waals surface area contributed by atoms with Crippen LogP contribution in [0.3, 0.4) is 0 Å². The van der Waals surface area contributed by atoms with E-state index >= 15 is 0 Å². The number of hydrogen-bond acceptors (Lipinski definition) is 2. The summed E-state index contributed by atoms with van der Waals surface area (Å²) in [6.07, 6.45) is 1.12. The first-order chi connectivity index (χ1) is 11.5. The molecule has 0 bridgehead atoms. The van der Waals surface area contributed by atoms with Gasteiger partial charge in [-0.15, -0.1) is 0 Å². The SMILES string of the molecule is CC(C)(C)C(=O)N1CCC(C)(C(=O)NCc2ccc(F)cc2F)CC1. The van der Waals surface area contributed by atoms with Crippen LogP contribution in [0, 0.1) is 22.5 Å². The molecule has 6 heteroatoms. The Balaban J connectivity index is 1.93. The van der Waals surface area contributed by atoms with Gasteiger partial charge in [-0.2, -0.15) is 0 Å². The van der Waals surface area contributed by atoms with E-state index < -0.39 is 22.5 Å². The van der Waals surface area contributed by atoms with E-state index in [9.17, 15) is 18.4 Å². The number of likely N-dealkylation sites (tertiary alicyclic amines) is 1. The van der Waals surface area contributed by atoms with E-state index in [4.69, 9.17) is 0 Å². The second-order valence-electron chi connectivity index (χ2n) is 8.02. The van der Waals surface area contributed by atoms with E-state index in [1.807, 2.05) is 27.7 Å². The van der Waals surface area contributed by atoms with Gasteiger partial charge in [-0.1, -0.05) is 33.8 Å². The lowest BCUT2D eigenvalue weighted by molar-refractivity contribution is -0.145. The summed E-state index contributed by atoms with van der Waals surface area (Å²) in [5, 5.41) is 2.74. The summed E-state index contributed by atoms with van der Waals surface area (Å²) >= 11 is 0. The molecule has 0 atom stereocenters. The molecule has 0 aromatic heterocycles. The molecule has 0 unspecified atom stereocenters. The molecule has 1 fully saturated rings. The van der Waals surface area contributed by atoms with Gasteiger partial charge in [0.05, 0.1) is 0 Å². The smallest absolute Gasteiger partial charge is 0.227 e. The predicted molar refractivity (Wildman–Crippen MR) is 91.6 cm³/mol. The molecule has 4 nitrogen and oxygen atoms in total. The molecule has 0 radical (unpaired) electrons. The first kappa shape index (κ1) is 19.3. The zero-order chi connectivity index (χ0) is 18.8. The molecule has 2 amide bonds. The standard InChI is InChI=1S/C19H26F2N2O2/c1-18(2,3)17(25)23-9-7-19(4,8-10-23)16(24)22-12-13-5-6-14(20)11-15(13)21/h5-6,11H,7-10,12H2,1-4H3,(H,22,24). The van der Waals surface area contributed by atoms with E-state index in [1.165, 1.54) is 12.1 Å². The van der Waals surface area contributed by atoms with Crippen LogP contribution >= 0.6 is 0 Å². The van der Waals surface area contributed by atoms with Crippen LogP contribution in [0.2, 0.25) is 0 Å². The van der Waals surface area contributed by atoms with E-state index in [1.54, 1.807) is 4.90 Å². The van der Waals surface area contributed by atoms with Gasteiger partial charge in [-0.05, 0) is 18.9 Å². The highest BCUT2D eigenvalue weighted by molar-refractivity contribution is 5.84. The highest BCUT2D eigenvalue weighted by Crippen LogP contribution is 2.33. The second kappa shape index (κ2) is 7.10. The molecule has 1 heterocycles. The van der Waals surface area contributed by atoms with Crippen molar-refractivity contribution in [1.29, 1.82) is 0 Å². The molecule has 25 heavy (non-hydrogen) atoms. The van der Waals surface area contributed by atoms with Gasteiger partial charge in [0.1, 0.15) is 11.6 Å². The summed E-state index contributed by atoms with van der Waals surface area (Å²) in [6.45, 7) is 8.59. The summed E-state index contributed by atoms with van der Waals surface area (Å²) in [4.78, 5) is 26.7. The van der Waals surface area contributed by atoms with Crippen molar-refractivity contribution >= 4 is 11.8 Å². The second-order valence-corrected chi connectivity index (χ2v) is 8.02. The molecular formula is C19H26F2N2O2. The topological polar surface area (TPSA) is 49.4 Å². The number of hydrogen-bond donors (Lipinski definition) is 1. The van der Waals surface area contributed by atoms with Crippen LogP contribution in [0.4, 0.5) is 8.78 Å². The monoisotopic (exact) mass is 352 g/mol. The first-order valence-corrected chi connectivity index (χ1v) is 8.54. The molecule has 1 N–H and O–H groups in total. The van der Waals surface area contributed by atoms with Crippen LogP contribution < -0.4 is 5.32 Å². The molecule has 1 aliphatic heterocycles. The summed E-state index contributed by atoms with van der Waals surface area (Å²) < 4.78 is 26.6. The van der Waals surface area contributed by atoms with Gasteiger partial charge >= 0.3 is 0 Å². The Hall–Kier alpha value is -1.98. The summed E-state index contributed by atoms with van der Waals surface area (Å²) in [6, 6.07) is 3.31. The van der Waals surface area contributed by atoms with Crippen molar-refractivity contribution in [3.05, 3.63) is 35.4 Å². The molecule has 1 aromatic rings. The van der Waals surface area contributed by atoms with Gasteiger partial charge in [0, 0.05) is 42.1 Å². The number of piperidine rings is 1. The van der Waals surface area contributed by atoms with E-state index in [0.717, 1.165) is 6.07 Å². The number of nitrogens with one attached hydrogen (secondary N) is 1. The molecule has 1 saturated heterocycles. The Morgan fingerprint density at radius 3 is 2.32 bits per heavy atom. The molecule has 0 aliphatic carbocycles. The Labute approximate surface area is 147 Å². The van der Waals surface area contributed by atoms with Crippen molar-refractivity contribution in [1.82, 2.24) is 10.2 Å². The summed E-state index contributed by atoms with van der Waals surface area (Å²) in [7, 11) is 0. The Kier molecular flexibility index (Phi) is 5.49. The molecule has 138 valence electrons. The van der Waals surface area contributed by atoms with Crippen molar-refractivity contribution < 1.29 is 18.4 Å². The quantitative estimate of drug-likeness (QED) is 0.908. The number of carbonyl (C=O) groups is 2. The number of carbonyl (C=O) groups excluding carboxylic acids is 2. The fraction of sp³-hybridized carbons (Fsp3) is 0.579. The maximum atomic E-state index is 13.7. The van der Waals surface area contributed by atoms with Crippen molar-refractivity contribution in [3.63, 3.8) is 0 Å². The predicted octanol–water partition coefficient (Wildman–Crippen LogP) is 3.26. The first-order valence-electron chi connectivity index (χ1n) is 8.54. The largest absolute Gasteiger partial charge is 0.351 e. The molecule has 1 aliphatic rings. The average molecular weight is 352 g/mol. The van der Waals surface area contributed by atoms with E-state index in [0.29, 0.717) is 25.9 Å². The van der Waals surface area contributed by atoms with Crippen LogP contribution in [0.1, 0.15) is 46.1 Å². The van der Waals surface area contributed by atoms with Crippen molar-refractivity contribution in [2.45, 2.75) is 47.1 Å². The Morgan fingerprint density at radius 2 is 1.80 bits per heavy atom. The minimum Gasteiger partial charge on any atom is -0.351 e. The minimum atomic E-state index is -0.670. The van der Waals surface area contributed by atoms with Crippen molar-refractivity contribution in [2.75, 3.05) is 13.1 Å². The highest BCUT2D eigenvalue weighted by Gasteiger charge is 2.39. The van der Waals surface area contributed by atoms with E-state index in [-0.39, 0.29) is 23.9 Å². The van der Waals surface area contributed by atoms with Crippen LogP contribution in [-0.2, 0) is 16.1 Å². The third-order valence-electron chi connectivity index (χ3n) is 4.80. The van der Waals surface area contributed by atoms with Gasteiger partial charge in [0.25, 0.3) is 0 Å². The van der Waals surface area contributed by atoms with Crippen LogP contribution in [0.25, 0.3) is 0 Å². The molecule has 0 spiro atoms. The van der Waals surface area contributed by atoms with Crippen LogP contribution in [-0.4, -0.2) is 29.8 Å². The maximum absolute atomic E-state index is 13.7. The van der Waals surface area contributed by atoms with Gasteiger partial charge < -0.3 is 10.2 Å². The fourth-order valence-corrected chi connectivity index (χ4v) is 2.96. The molecular weight excluding hydrogens is 326 g/mol. The van der Waals surface area contributed by atoms with Crippen LogP contribution in [0.15, 0.2) is 18.2 Å². The average Bonchev–Trinajstić information content (AvgIpc) is 2.53. The molecule has 0 saturated carbocycles. The summed E-state index contributed by atoms with van der Waals surface area (Å²) in [5.74, 6) is -1.39. The van der Waals surface area contributed by atoms with Gasteiger partial charge in [0.2, 0.25) is 11.8 Å². The zero-order valence-electron chi connectivity index (χ0n) is 15.3. The third-order valence-corrected chi connectivity index (χ3v) is 4.80.